The molecule has 0 amide bonds. The van der Waals surface area contributed by atoms with Crippen molar-refractivity contribution in [2.24, 2.45) is 0 Å². The molecule has 4 aromatic carbocycles. The highest BCUT2D eigenvalue weighted by Crippen LogP contribution is 2.43. The molecule has 0 bridgehead atoms. The van der Waals surface area contributed by atoms with E-state index in [-0.39, 0.29) is 11.2 Å². The summed E-state index contributed by atoms with van der Waals surface area (Å²) in [5, 5.41) is 11.0. The van der Waals surface area contributed by atoms with Crippen LogP contribution in [-0.4, -0.2) is 15.1 Å². The molecule has 180 valence electrons. The van der Waals surface area contributed by atoms with E-state index in [0.717, 1.165) is 39.0 Å². The van der Waals surface area contributed by atoms with Gasteiger partial charge in [0, 0.05) is 22.7 Å². The van der Waals surface area contributed by atoms with Crippen LogP contribution in [0.25, 0.3) is 44.9 Å². The highest BCUT2D eigenvalue weighted by molar-refractivity contribution is 5.93. The Labute approximate surface area is 215 Å². The van der Waals surface area contributed by atoms with Gasteiger partial charge in [0.25, 0.3) is 0 Å². The number of fused-ring (bicyclic) bond motifs is 1. The van der Waals surface area contributed by atoms with E-state index in [1.165, 1.54) is 0 Å². The first-order valence-electron chi connectivity index (χ1n) is 12.3. The lowest BCUT2D eigenvalue weighted by Crippen LogP contribution is -2.20. The van der Waals surface area contributed by atoms with Gasteiger partial charge in [0.1, 0.15) is 11.3 Å². The van der Waals surface area contributed by atoms with Crippen LogP contribution in [0.5, 0.6) is 5.75 Å². The Hall–Kier alpha value is -4.70. The first-order valence-corrected chi connectivity index (χ1v) is 12.3. The van der Waals surface area contributed by atoms with Gasteiger partial charge in [-0.1, -0.05) is 92.7 Å². The van der Waals surface area contributed by atoms with Crippen molar-refractivity contribution in [1.82, 2.24) is 9.97 Å². The quantitative estimate of drug-likeness (QED) is 0.269. The van der Waals surface area contributed by atoms with Crippen LogP contribution in [-0.2, 0) is 5.41 Å². The zero-order chi connectivity index (χ0) is 25.4. The van der Waals surface area contributed by atoms with E-state index < -0.39 is 0 Å². The fourth-order valence-corrected chi connectivity index (χ4v) is 4.96. The minimum atomic E-state index is -0.379. The molecule has 6 aromatic rings. The maximum atomic E-state index is 11.0. The molecular weight excluding hydrogens is 456 g/mol. The van der Waals surface area contributed by atoms with Crippen molar-refractivity contribution in [3.8, 4) is 39.6 Å². The highest BCUT2D eigenvalue weighted by Gasteiger charge is 2.30. The number of aromatic hydroxyl groups is 1. The molecule has 0 atom stereocenters. The molecule has 0 saturated carbocycles. The summed E-state index contributed by atoms with van der Waals surface area (Å²) in [6.07, 6.45) is 1.80. The lowest BCUT2D eigenvalue weighted by atomic mass is 9.76. The molecule has 0 fully saturated rings. The molecule has 0 unspecified atom stereocenters. The summed E-state index contributed by atoms with van der Waals surface area (Å²) in [4.78, 5) is 9.44. The molecule has 4 heteroatoms. The van der Waals surface area contributed by atoms with Gasteiger partial charge < -0.3 is 9.52 Å². The molecule has 1 N–H and O–H groups in total. The molecule has 6 rings (SSSR count). The van der Waals surface area contributed by atoms with Crippen molar-refractivity contribution >= 4 is 11.1 Å². The molecule has 37 heavy (non-hydrogen) atoms. The number of hydrogen-bond donors (Lipinski definition) is 1. The summed E-state index contributed by atoms with van der Waals surface area (Å²) in [6.45, 7) is 4.30. The second-order valence-corrected chi connectivity index (χ2v) is 9.66. The predicted octanol–water partition coefficient (Wildman–Crippen LogP) is 8.26. The van der Waals surface area contributed by atoms with Crippen LogP contribution in [0.2, 0.25) is 0 Å². The van der Waals surface area contributed by atoms with Gasteiger partial charge in [-0.25, -0.2) is 4.98 Å². The number of pyridine rings is 1. The van der Waals surface area contributed by atoms with E-state index in [1.807, 2.05) is 72.8 Å². The third-order valence-corrected chi connectivity index (χ3v) is 6.98. The minimum Gasteiger partial charge on any atom is -0.507 e. The van der Waals surface area contributed by atoms with Crippen LogP contribution in [0, 0.1) is 0 Å². The van der Waals surface area contributed by atoms with Crippen LogP contribution in [0.1, 0.15) is 25.0 Å². The van der Waals surface area contributed by atoms with Gasteiger partial charge in [-0.2, -0.15) is 0 Å². The summed E-state index contributed by atoms with van der Waals surface area (Å²) in [5.41, 5.74) is 7.68. The lowest BCUT2D eigenvalue weighted by molar-refractivity contribution is 0.471. The van der Waals surface area contributed by atoms with E-state index in [1.54, 1.807) is 12.3 Å². The van der Waals surface area contributed by atoms with E-state index in [9.17, 15) is 5.11 Å². The number of nitrogens with zero attached hydrogens (tertiary/aromatic N) is 2. The fraction of sp³-hybridized carbons (Fsp3) is 0.0909. The van der Waals surface area contributed by atoms with Crippen molar-refractivity contribution in [2.75, 3.05) is 0 Å². The van der Waals surface area contributed by atoms with Gasteiger partial charge in [0.15, 0.2) is 5.58 Å². The van der Waals surface area contributed by atoms with E-state index in [4.69, 9.17) is 9.40 Å². The van der Waals surface area contributed by atoms with Gasteiger partial charge in [-0.15, -0.1) is 0 Å². The van der Waals surface area contributed by atoms with Gasteiger partial charge in [0.05, 0.1) is 11.3 Å². The Morgan fingerprint density at radius 3 is 2.30 bits per heavy atom. The second kappa shape index (κ2) is 9.07. The van der Waals surface area contributed by atoms with Crippen molar-refractivity contribution in [2.45, 2.75) is 19.3 Å². The Morgan fingerprint density at radius 1 is 0.730 bits per heavy atom. The number of oxazole rings is 1. The normalized spacial score (nSPS) is 11.6. The van der Waals surface area contributed by atoms with Crippen molar-refractivity contribution in [1.29, 1.82) is 0 Å². The third kappa shape index (κ3) is 4.07. The molecule has 0 spiro atoms. The highest BCUT2D eigenvalue weighted by atomic mass is 16.3. The number of aromatic nitrogens is 2. The van der Waals surface area contributed by atoms with Crippen LogP contribution >= 0.6 is 0 Å². The molecule has 0 radical (unpaired) electrons. The summed E-state index contributed by atoms with van der Waals surface area (Å²) in [5.74, 6) is 0.548. The third-order valence-electron chi connectivity index (χ3n) is 6.98. The van der Waals surface area contributed by atoms with Gasteiger partial charge in [-0.05, 0) is 47.0 Å². The lowest BCUT2D eigenvalue weighted by Gasteiger charge is -2.28. The average molecular weight is 483 g/mol. The zero-order valence-electron chi connectivity index (χ0n) is 20.7. The van der Waals surface area contributed by atoms with Crippen molar-refractivity contribution in [3.05, 3.63) is 127 Å². The first kappa shape index (κ1) is 22.7. The number of phenolic OH excluding ortho intramolecular Hbond substituents is 1. The van der Waals surface area contributed by atoms with Crippen LogP contribution in [0.15, 0.2) is 120 Å². The van der Waals surface area contributed by atoms with E-state index in [2.05, 4.69) is 49.2 Å². The summed E-state index contributed by atoms with van der Waals surface area (Å²) in [7, 11) is 0. The van der Waals surface area contributed by atoms with E-state index in [0.29, 0.717) is 17.0 Å². The topological polar surface area (TPSA) is 59.2 Å². The second-order valence-electron chi connectivity index (χ2n) is 9.66. The van der Waals surface area contributed by atoms with Crippen LogP contribution < -0.4 is 0 Å². The Bertz CT molecular complexity index is 1700. The summed E-state index contributed by atoms with van der Waals surface area (Å²) < 4.78 is 6.30. The molecule has 2 heterocycles. The summed E-state index contributed by atoms with van der Waals surface area (Å²) >= 11 is 0. The standard InChI is InChI=1S/C33H26N2O2/c1-33(2,24-13-4-3-5-14-24)26-16-10-18-28(36)30(26)32-35-31-25(15-9-19-29(31)37-32)22-11-8-12-23(21-22)27-17-6-7-20-34-27/h3-21,36H,1-2H3. The molecule has 0 aliphatic rings. The monoisotopic (exact) mass is 482 g/mol. The zero-order valence-corrected chi connectivity index (χ0v) is 20.7. The Kier molecular flexibility index (Phi) is 5.57. The summed E-state index contributed by atoms with van der Waals surface area (Å²) in [6, 6.07) is 36.0. The van der Waals surface area contributed by atoms with Gasteiger partial charge >= 0.3 is 0 Å². The number of para-hydroxylation sites is 1. The minimum absolute atomic E-state index is 0.145. The maximum absolute atomic E-state index is 11.0. The molecule has 4 nitrogen and oxygen atoms in total. The Morgan fingerprint density at radius 2 is 1.49 bits per heavy atom. The molecule has 0 aliphatic carbocycles. The Balaban J connectivity index is 1.50. The average Bonchev–Trinajstić information content (AvgIpc) is 3.38. The predicted molar refractivity (Wildman–Crippen MR) is 148 cm³/mol. The number of rotatable bonds is 5. The maximum Gasteiger partial charge on any atom is 0.231 e. The molecule has 2 aromatic heterocycles. The first-order chi connectivity index (χ1) is 18.0. The van der Waals surface area contributed by atoms with Crippen molar-refractivity contribution < 1.29 is 9.52 Å². The molecular formula is C33H26N2O2. The SMILES string of the molecule is CC(C)(c1ccccc1)c1cccc(O)c1-c1nc2c(-c3cccc(-c4ccccn4)c3)cccc2o1. The van der Waals surface area contributed by atoms with Crippen molar-refractivity contribution in [3.63, 3.8) is 0 Å². The molecule has 0 aliphatic heterocycles. The molecule has 0 saturated heterocycles. The van der Waals surface area contributed by atoms with E-state index >= 15 is 0 Å². The number of phenols is 1. The van der Waals surface area contributed by atoms with Crippen LogP contribution in [0.3, 0.4) is 0 Å². The number of benzene rings is 4. The number of hydrogen-bond acceptors (Lipinski definition) is 4. The fourth-order valence-electron chi connectivity index (χ4n) is 4.96. The van der Waals surface area contributed by atoms with Crippen LogP contribution in [0.4, 0.5) is 0 Å². The van der Waals surface area contributed by atoms with Gasteiger partial charge in [-0.3, -0.25) is 4.98 Å². The van der Waals surface area contributed by atoms with Gasteiger partial charge in [0.2, 0.25) is 5.89 Å². The smallest absolute Gasteiger partial charge is 0.231 e. The largest absolute Gasteiger partial charge is 0.507 e.